The van der Waals surface area contributed by atoms with Crippen molar-refractivity contribution < 1.29 is 43.5 Å². The molecule has 2 atom stereocenters. The van der Waals surface area contributed by atoms with Gasteiger partial charge in [0.05, 0.1) is 0 Å². The fourth-order valence-corrected chi connectivity index (χ4v) is 5.00. The number of rotatable bonds is 19. The first kappa shape index (κ1) is 31.8. The monoisotopic (exact) mass is 593 g/mol. The van der Waals surface area contributed by atoms with Gasteiger partial charge in [0, 0.05) is 13.2 Å². The molecule has 0 saturated carbocycles. The Morgan fingerprint density at radius 1 is 0.744 bits per heavy atom. The lowest BCUT2D eigenvalue weighted by Gasteiger charge is -2.23. The van der Waals surface area contributed by atoms with Gasteiger partial charge in [0.1, 0.15) is 6.61 Å². The summed E-state index contributed by atoms with van der Waals surface area (Å²) in [6, 6.07) is 20.5. The molecule has 1 aliphatic heterocycles. The normalized spacial score (nSPS) is 13.5. The summed E-state index contributed by atoms with van der Waals surface area (Å²) >= 11 is 0. The van der Waals surface area contributed by atoms with E-state index in [4.69, 9.17) is 24.1 Å². The smallest absolute Gasteiger partial charge is 0.336 e. The average molecular weight is 594 g/mol. The lowest BCUT2D eigenvalue weighted by Crippen LogP contribution is -2.49. The van der Waals surface area contributed by atoms with E-state index in [0.717, 1.165) is 55.6 Å². The summed E-state index contributed by atoms with van der Waals surface area (Å²) < 4.78 is 21.5. The predicted octanol–water partition coefficient (Wildman–Crippen LogP) is 4.75. The summed E-state index contributed by atoms with van der Waals surface area (Å²) in [5.74, 6) is -1.93. The van der Waals surface area contributed by atoms with E-state index in [1.54, 1.807) is 0 Å². The molecule has 43 heavy (non-hydrogen) atoms. The van der Waals surface area contributed by atoms with E-state index in [-0.39, 0.29) is 13.4 Å². The van der Waals surface area contributed by atoms with Crippen molar-refractivity contribution in [2.45, 2.75) is 63.6 Å². The number of fused-ring (bicyclic) bond motifs is 2. The van der Waals surface area contributed by atoms with Gasteiger partial charge in [-0.2, -0.15) is 0 Å². The van der Waals surface area contributed by atoms with Gasteiger partial charge >= 0.3 is 11.9 Å². The summed E-state index contributed by atoms with van der Waals surface area (Å²) in [7, 11) is 0. The highest BCUT2D eigenvalue weighted by atomic mass is 16.7. The molecule has 0 bridgehead atoms. The highest BCUT2D eigenvalue weighted by molar-refractivity contribution is 5.88. The van der Waals surface area contributed by atoms with Crippen LogP contribution in [0.4, 0.5) is 0 Å². The quantitative estimate of drug-likeness (QED) is 0.168. The molecule has 0 aliphatic carbocycles. The molecular formula is C33H39NO9. The number of hydrogen-bond donors (Lipinski definition) is 3. The summed E-state index contributed by atoms with van der Waals surface area (Å²) in [5.41, 5.74) is 2.37. The maximum atomic E-state index is 13.0. The Labute approximate surface area is 250 Å². The molecule has 2 unspecified atom stereocenters. The van der Waals surface area contributed by atoms with Crippen LogP contribution < -0.4 is 14.8 Å². The molecule has 4 rings (SSSR count). The van der Waals surface area contributed by atoms with Gasteiger partial charge < -0.3 is 34.5 Å². The number of carbonyl (C=O) groups excluding carboxylic acids is 1. The number of carbonyl (C=O) groups is 3. The molecule has 230 valence electrons. The Bertz CT molecular complexity index is 1380. The van der Waals surface area contributed by atoms with Crippen LogP contribution in [-0.4, -0.2) is 66.8 Å². The number of aryl methyl sites for hydroxylation is 2. The molecule has 3 aromatic rings. The van der Waals surface area contributed by atoms with Gasteiger partial charge in [-0.05, 0) is 72.6 Å². The van der Waals surface area contributed by atoms with Crippen LogP contribution in [0.15, 0.2) is 60.7 Å². The lowest BCUT2D eigenvalue weighted by molar-refractivity contribution is -0.172. The Morgan fingerprint density at radius 2 is 1.44 bits per heavy atom. The highest BCUT2D eigenvalue weighted by Gasteiger charge is 2.36. The number of aliphatic carboxylic acids is 2. The molecule has 1 heterocycles. The van der Waals surface area contributed by atoms with Crippen molar-refractivity contribution in [3.63, 3.8) is 0 Å². The van der Waals surface area contributed by atoms with Crippen LogP contribution in [0.25, 0.3) is 10.8 Å². The van der Waals surface area contributed by atoms with Gasteiger partial charge in [-0.1, -0.05) is 61.4 Å². The van der Waals surface area contributed by atoms with Crippen LogP contribution in [0.5, 0.6) is 11.5 Å². The summed E-state index contributed by atoms with van der Waals surface area (Å²) in [5, 5.41) is 23.8. The fraction of sp³-hybridized carbons (Fsp3) is 0.424. The second kappa shape index (κ2) is 16.5. The molecule has 0 fully saturated rings. The molecule has 10 heteroatoms. The van der Waals surface area contributed by atoms with E-state index >= 15 is 0 Å². The minimum Gasteiger partial charge on any atom is -0.480 e. The summed E-state index contributed by atoms with van der Waals surface area (Å²) in [6.45, 7) is -0.141. The van der Waals surface area contributed by atoms with E-state index < -0.39 is 36.7 Å². The number of carboxylic acids is 2. The first-order valence-corrected chi connectivity index (χ1v) is 14.7. The molecule has 1 aliphatic rings. The van der Waals surface area contributed by atoms with E-state index in [2.05, 4.69) is 35.6 Å². The van der Waals surface area contributed by atoms with Crippen LogP contribution in [-0.2, 0) is 36.7 Å². The Morgan fingerprint density at radius 3 is 2.21 bits per heavy atom. The van der Waals surface area contributed by atoms with Crippen molar-refractivity contribution in [1.82, 2.24) is 5.32 Å². The second-order valence-electron chi connectivity index (χ2n) is 10.5. The van der Waals surface area contributed by atoms with Crippen LogP contribution >= 0.6 is 0 Å². The maximum absolute atomic E-state index is 13.0. The fourth-order valence-electron chi connectivity index (χ4n) is 5.00. The van der Waals surface area contributed by atoms with E-state index in [1.165, 1.54) is 16.3 Å². The van der Waals surface area contributed by atoms with Crippen molar-refractivity contribution in [2.75, 3.05) is 26.6 Å². The number of carboxylic acid groups (broad SMARTS) is 2. The summed E-state index contributed by atoms with van der Waals surface area (Å²) in [6.07, 6.45) is 3.30. The van der Waals surface area contributed by atoms with Gasteiger partial charge in [0.2, 0.25) is 6.79 Å². The van der Waals surface area contributed by atoms with E-state index in [9.17, 15) is 19.5 Å². The number of nitrogens with one attached hydrogen (secondary N) is 1. The zero-order valence-electron chi connectivity index (χ0n) is 24.2. The third-order valence-electron chi connectivity index (χ3n) is 7.26. The van der Waals surface area contributed by atoms with E-state index in [1.807, 2.05) is 30.3 Å². The minimum atomic E-state index is -1.74. The van der Waals surface area contributed by atoms with Crippen LogP contribution in [0.1, 0.15) is 49.7 Å². The number of amides is 1. The highest BCUT2D eigenvalue weighted by Crippen LogP contribution is 2.32. The zero-order valence-corrected chi connectivity index (χ0v) is 24.2. The molecule has 1 amide bonds. The molecule has 3 N–H and O–H groups in total. The molecule has 0 spiro atoms. The third kappa shape index (κ3) is 9.97. The maximum Gasteiger partial charge on any atom is 0.336 e. The number of hydrogen-bond acceptors (Lipinski definition) is 7. The number of benzene rings is 3. The van der Waals surface area contributed by atoms with Gasteiger partial charge in [-0.25, -0.2) is 9.59 Å². The molecule has 3 aromatic carbocycles. The van der Waals surface area contributed by atoms with Gasteiger partial charge in [-0.3, -0.25) is 4.79 Å². The largest absolute Gasteiger partial charge is 0.480 e. The average Bonchev–Trinajstić information content (AvgIpc) is 3.47. The van der Waals surface area contributed by atoms with Crippen molar-refractivity contribution in [2.24, 2.45) is 0 Å². The van der Waals surface area contributed by atoms with Crippen LogP contribution in [0.2, 0.25) is 0 Å². The second-order valence-corrected chi connectivity index (χ2v) is 10.5. The SMILES string of the molecule is O=C(O)COC(C(=O)O)C(OCCCCCc1ccc2ccccc2c1)C(=O)NCCCCCc1ccc2c(c1)OCO2. The van der Waals surface area contributed by atoms with Crippen LogP contribution in [0, 0.1) is 0 Å². The Balaban J connectivity index is 1.19. The number of ether oxygens (including phenoxy) is 4. The van der Waals surface area contributed by atoms with Gasteiger partial charge in [0.15, 0.2) is 23.7 Å². The molecule has 10 nitrogen and oxygen atoms in total. The Hall–Kier alpha value is -4.15. The first-order valence-electron chi connectivity index (χ1n) is 14.7. The van der Waals surface area contributed by atoms with Crippen molar-refractivity contribution in [3.8, 4) is 11.5 Å². The Kier molecular flexibility index (Phi) is 12.2. The van der Waals surface area contributed by atoms with Crippen molar-refractivity contribution >= 4 is 28.6 Å². The van der Waals surface area contributed by atoms with Gasteiger partial charge in [-0.15, -0.1) is 0 Å². The predicted molar refractivity (Wildman–Crippen MR) is 159 cm³/mol. The van der Waals surface area contributed by atoms with E-state index in [0.29, 0.717) is 19.4 Å². The molecular weight excluding hydrogens is 554 g/mol. The minimum absolute atomic E-state index is 0.144. The lowest BCUT2D eigenvalue weighted by atomic mass is 10.0. The zero-order chi connectivity index (χ0) is 30.4. The van der Waals surface area contributed by atoms with Crippen molar-refractivity contribution in [3.05, 3.63) is 71.8 Å². The molecule has 0 aromatic heterocycles. The standard InChI is InChI=1S/C33H39NO9/c35-29(36)21-41-31(33(38)39)30(40-18-8-2-4-9-23-13-15-25-11-5-6-12-26(25)19-23)32(37)34-17-7-1-3-10-24-14-16-27-28(20-24)43-22-42-27/h5-6,11-16,19-20,30-31H,1-4,7-10,17-18,21-22H2,(H,34,37)(H,35,36)(H,38,39). The topological polar surface area (TPSA) is 141 Å². The van der Waals surface area contributed by atoms with Gasteiger partial charge in [0.25, 0.3) is 5.91 Å². The third-order valence-corrected chi connectivity index (χ3v) is 7.26. The first-order chi connectivity index (χ1) is 20.9. The van der Waals surface area contributed by atoms with Crippen LogP contribution in [0.3, 0.4) is 0 Å². The molecule has 0 saturated heterocycles. The summed E-state index contributed by atoms with van der Waals surface area (Å²) in [4.78, 5) is 35.8. The van der Waals surface area contributed by atoms with Crippen molar-refractivity contribution in [1.29, 1.82) is 0 Å². The molecule has 0 radical (unpaired) electrons. The number of unbranched alkanes of at least 4 members (excludes halogenated alkanes) is 4.